The van der Waals surface area contributed by atoms with Crippen molar-refractivity contribution in [3.05, 3.63) is 65.5 Å². The van der Waals surface area contributed by atoms with Crippen LogP contribution in [0.4, 0.5) is 0 Å². The van der Waals surface area contributed by atoms with Gasteiger partial charge in [-0.15, -0.1) is 0 Å². The normalized spacial score (nSPS) is 14.4. The Kier molecular flexibility index (Phi) is 4.00. The quantitative estimate of drug-likeness (QED) is 0.893. The molecule has 0 aliphatic carbocycles. The van der Waals surface area contributed by atoms with Crippen LogP contribution in [0.2, 0.25) is 0 Å². The fourth-order valence-electron chi connectivity index (χ4n) is 2.40. The van der Waals surface area contributed by atoms with Crippen molar-refractivity contribution >= 4 is 38.3 Å². The summed E-state index contributed by atoms with van der Waals surface area (Å²) in [6.45, 7) is 4.06. The van der Waals surface area contributed by atoms with E-state index in [2.05, 4.69) is 32.2 Å². The van der Waals surface area contributed by atoms with Gasteiger partial charge in [0.25, 0.3) is 0 Å². The van der Waals surface area contributed by atoms with E-state index >= 15 is 0 Å². The van der Waals surface area contributed by atoms with Gasteiger partial charge in [0.1, 0.15) is 0 Å². The third kappa shape index (κ3) is 3.11. The van der Waals surface area contributed by atoms with Crippen LogP contribution in [-0.4, -0.2) is 34.4 Å². The van der Waals surface area contributed by atoms with Crippen molar-refractivity contribution in [2.45, 2.75) is 19.4 Å². The Hall–Kier alpha value is -1.39. The monoisotopic (exact) mass is 378 g/mol. The first kappa shape index (κ1) is 14.5. The molecule has 0 saturated heterocycles. The van der Waals surface area contributed by atoms with E-state index < -0.39 is 23.2 Å². The van der Waals surface area contributed by atoms with Gasteiger partial charge in [0.15, 0.2) is 0 Å². The molecule has 0 amide bonds. The summed E-state index contributed by atoms with van der Waals surface area (Å²) in [4.78, 5) is 4.09. The second-order valence-corrected chi connectivity index (χ2v) is 9.01. The fraction of sp³-hybridized carbons (Fsp3) is 0.176. The van der Waals surface area contributed by atoms with Crippen molar-refractivity contribution in [1.29, 1.82) is 0 Å². The summed E-state index contributed by atoms with van der Waals surface area (Å²) in [6.07, 6.45) is 5.70. The zero-order valence-corrected chi connectivity index (χ0v) is 15.5. The van der Waals surface area contributed by atoms with Crippen LogP contribution in [0.15, 0.2) is 51.8 Å². The number of benzene rings is 1. The molecular formula is C17H17InN3. The zero-order chi connectivity index (χ0) is 14.9. The van der Waals surface area contributed by atoms with E-state index in [1.165, 1.54) is 20.0 Å². The van der Waals surface area contributed by atoms with Crippen LogP contribution in [0.1, 0.15) is 30.5 Å². The first-order valence-corrected chi connectivity index (χ1v) is 10.1. The van der Waals surface area contributed by atoms with Crippen molar-refractivity contribution in [1.82, 2.24) is 4.98 Å². The predicted molar refractivity (Wildman–Crippen MR) is 89.0 cm³/mol. The average molecular weight is 378 g/mol. The molecule has 1 aliphatic heterocycles. The molecule has 21 heavy (non-hydrogen) atoms. The number of hydrogen-bond acceptors (Lipinski definition) is 3. The molecule has 3 rings (SSSR count). The van der Waals surface area contributed by atoms with Crippen LogP contribution >= 0.6 is 0 Å². The summed E-state index contributed by atoms with van der Waals surface area (Å²) in [6, 6.07) is 12.7. The summed E-state index contributed by atoms with van der Waals surface area (Å²) in [7, 11) is 0. The zero-order valence-electron chi connectivity index (χ0n) is 12.2. The van der Waals surface area contributed by atoms with Crippen LogP contribution in [0.25, 0.3) is 8.90 Å². The molecule has 0 bridgehead atoms. The summed E-state index contributed by atoms with van der Waals surface area (Å²) >= 11 is -1.06. The van der Waals surface area contributed by atoms with E-state index in [1.54, 1.807) is 0 Å². The Morgan fingerprint density at radius 1 is 0.952 bits per heavy atom. The Balaban J connectivity index is 2.00. The van der Waals surface area contributed by atoms with Crippen LogP contribution in [-0.2, 0) is 5.54 Å². The number of rotatable bonds is 3. The molecule has 2 aromatic rings. The molecule has 1 aromatic carbocycles. The number of nitrogens with two attached hydrogens (primary N) is 1. The van der Waals surface area contributed by atoms with Crippen molar-refractivity contribution in [3.8, 4) is 0 Å². The number of allylic oxidation sites excluding steroid dienone is 1. The van der Waals surface area contributed by atoms with E-state index in [0.29, 0.717) is 0 Å². The van der Waals surface area contributed by atoms with Crippen LogP contribution in [0, 0.1) is 0 Å². The summed E-state index contributed by atoms with van der Waals surface area (Å²) in [5, 5.41) is 0. The Morgan fingerprint density at radius 2 is 1.62 bits per heavy atom. The fourth-order valence-corrected chi connectivity index (χ4v) is 5.52. The Bertz CT molecular complexity index is 695. The minimum absolute atomic E-state index is 0.297. The number of nitrogens with zero attached hydrogens (tertiary/aromatic N) is 2. The minimum atomic E-state index is -1.06. The molecule has 4 heteroatoms. The molecule has 3 nitrogen and oxygen atoms in total. The molecule has 2 N–H and O–H groups in total. The molecule has 0 unspecified atom stereocenters. The average Bonchev–Trinajstić information content (AvgIpc) is 2.97. The van der Waals surface area contributed by atoms with Gasteiger partial charge in [-0.25, -0.2) is 0 Å². The van der Waals surface area contributed by atoms with Gasteiger partial charge in [0.05, 0.1) is 0 Å². The van der Waals surface area contributed by atoms with Gasteiger partial charge in [-0.1, -0.05) is 0 Å². The molecule has 103 valence electrons. The molecule has 1 radical (unpaired) electrons. The maximum atomic E-state index is 6.15. The van der Waals surface area contributed by atoms with E-state index in [9.17, 15) is 0 Å². The summed E-state index contributed by atoms with van der Waals surface area (Å²) in [5.74, 6) is 0. The topological polar surface area (TPSA) is 51.3 Å². The molecule has 2 heterocycles. The third-order valence-electron chi connectivity index (χ3n) is 3.63. The van der Waals surface area contributed by atoms with E-state index in [1.807, 2.05) is 44.6 Å². The SMILES string of the molecule is CC(C)(N)c1ccc([C]2=C(c3ccncc3)C=[N][In]2)cc1. The van der Waals surface area contributed by atoms with Gasteiger partial charge < -0.3 is 0 Å². The molecule has 1 aromatic heterocycles. The third-order valence-corrected chi connectivity index (χ3v) is 7.06. The molecule has 0 fully saturated rings. The van der Waals surface area contributed by atoms with Gasteiger partial charge in [-0.05, 0) is 0 Å². The number of pyridine rings is 1. The molecular weight excluding hydrogens is 361 g/mol. The van der Waals surface area contributed by atoms with Crippen molar-refractivity contribution in [2.75, 3.05) is 0 Å². The summed E-state index contributed by atoms with van der Waals surface area (Å²) < 4.78 is 6.06. The second-order valence-electron chi connectivity index (χ2n) is 5.77. The van der Waals surface area contributed by atoms with E-state index in [-0.39, 0.29) is 5.54 Å². The van der Waals surface area contributed by atoms with Crippen LogP contribution in [0.3, 0.4) is 0 Å². The summed E-state index contributed by atoms with van der Waals surface area (Å²) in [5.41, 5.74) is 10.8. The van der Waals surface area contributed by atoms with Crippen LogP contribution in [0.5, 0.6) is 0 Å². The van der Waals surface area contributed by atoms with Crippen LogP contribution < -0.4 is 5.73 Å². The molecule has 0 spiro atoms. The molecule has 0 atom stereocenters. The number of aromatic nitrogens is 1. The second kappa shape index (κ2) is 5.78. The number of hydrogen-bond donors (Lipinski definition) is 1. The van der Waals surface area contributed by atoms with Crippen molar-refractivity contribution in [3.63, 3.8) is 0 Å². The molecule has 0 saturated carbocycles. The maximum absolute atomic E-state index is 6.15. The van der Waals surface area contributed by atoms with Gasteiger partial charge in [0, 0.05) is 0 Å². The van der Waals surface area contributed by atoms with Crippen molar-refractivity contribution < 1.29 is 0 Å². The van der Waals surface area contributed by atoms with Gasteiger partial charge in [0.2, 0.25) is 0 Å². The molecule has 1 aliphatic rings. The van der Waals surface area contributed by atoms with Gasteiger partial charge >= 0.3 is 137 Å². The standard InChI is InChI=1S/C17H17N3.In/c1-17(2,19)16-5-3-13(4-6-16)11-15(12-18)14-7-9-20-10-8-14;/h3-10,12H,19H2,1-2H3;/q-1;+1. The van der Waals surface area contributed by atoms with Gasteiger partial charge in [-0.2, -0.15) is 0 Å². The first-order chi connectivity index (χ1) is 10.1. The van der Waals surface area contributed by atoms with Crippen molar-refractivity contribution in [2.24, 2.45) is 8.71 Å². The first-order valence-electron chi connectivity index (χ1n) is 6.96. The Morgan fingerprint density at radius 3 is 2.24 bits per heavy atom. The Labute approximate surface area is 136 Å². The van der Waals surface area contributed by atoms with E-state index in [0.717, 1.165) is 5.56 Å². The predicted octanol–water partition coefficient (Wildman–Crippen LogP) is 2.85. The van der Waals surface area contributed by atoms with Gasteiger partial charge in [-0.3, -0.25) is 0 Å². The van der Waals surface area contributed by atoms with E-state index in [4.69, 9.17) is 5.73 Å².